The molecule has 2 aromatic carbocycles. The van der Waals surface area contributed by atoms with E-state index in [1.165, 1.54) is 0 Å². The number of hydrogen-bond acceptors (Lipinski definition) is 2. The second-order valence-electron chi connectivity index (χ2n) is 4.45. The highest BCUT2D eigenvalue weighted by Gasteiger charge is 2.27. The molecule has 1 atom stereocenters. The van der Waals surface area contributed by atoms with Gasteiger partial charge in [-0.3, -0.25) is 4.57 Å². The summed E-state index contributed by atoms with van der Waals surface area (Å²) in [6, 6.07) is 16.9. The van der Waals surface area contributed by atoms with E-state index in [1.54, 1.807) is 12.1 Å². The van der Waals surface area contributed by atoms with Gasteiger partial charge in [0.25, 0.3) is 0 Å². The summed E-state index contributed by atoms with van der Waals surface area (Å²) in [5, 5.41) is 3.59. The molecule has 0 radical (unpaired) electrons. The number of rotatable bonds is 6. The molecule has 0 aromatic heterocycles. The van der Waals surface area contributed by atoms with Crippen molar-refractivity contribution in [1.29, 1.82) is 0 Å². The Hall–Kier alpha value is -1.85. The summed E-state index contributed by atoms with van der Waals surface area (Å²) in [6.45, 7) is 2.62. The van der Waals surface area contributed by atoms with Crippen LogP contribution in [-0.2, 0) is 15.6 Å². The Bertz CT molecular complexity index is 677. The molecule has 0 bridgehead atoms. The van der Waals surface area contributed by atoms with Gasteiger partial charge in [0.2, 0.25) is 0 Å². The van der Waals surface area contributed by atoms with E-state index in [0.717, 1.165) is 5.56 Å². The topological polar surface area (TPSA) is 38.3 Å². The molecule has 0 saturated carbocycles. The highest BCUT2D eigenvalue weighted by Crippen LogP contribution is 2.42. The Morgan fingerprint density at radius 1 is 1.14 bits per heavy atom. The van der Waals surface area contributed by atoms with E-state index in [-0.39, 0.29) is 0 Å². The van der Waals surface area contributed by atoms with Crippen molar-refractivity contribution in [2.75, 3.05) is 6.61 Å². The van der Waals surface area contributed by atoms with Crippen LogP contribution in [0.15, 0.2) is 54.6 Å². The van der Waals surface area contributed by atoms with Crippen molar-refractivity contribution in [3.8, 4) is 12.3 Å². The Kier molecular flexibility index (Phi) is 5.36. The van der Waals surface area contributed by atoms with Crippen molar-refractivity contribution in [2.45, 2.75) is 13.5 Å². The molecule has 108 valence electrons. The lowest BCUT2D eigenvalue weighted by molar-refractivity contribution is 0.332. The molecule has 0 aliphatic heterocycles. The number of benzene rings is 2. The zero-order chi connectivity index (χ0) is 15.1. The van der Waals surface area contributed by atoms with Gasteiger partial charge in [0.15, 0.2) is 0 Å². The standard InChI is InChI=1S/C17H18NO2P/c1-3-16-12-8-9-13-17(16)21(19,20-4-2)18-14-15-10-6-5-7-11-15/h1,5-13H,4,14H2,2H3,(H,18,19). The van der Waals surface area contributed by atoms with Crippen molar-refractivity contribution in [2.24, 2.45) is 0 Å². The van der Waals surface area contributed by atoms with Gasteiger partial charge in [-0.1, -0.05) is 48.4 Å². The fourth-order valence-electron chi connectivity index (χ4n) is 2.03. The lowest BCUT2D eigenvalue weighted by Gasteiger charge is -2.20. The van der Waals surface area contributed by atoms with Gasteiger partial charge in [0.05, 0.1) is 11.9 Å². The van der Waals surface area contributed by atoms with E-state index in [2.05, 4.69) is 11.0 Å². The molecule has 0 amide bonds. The monoisotopic (exact) mass is 299 g/mol. The summed E-state index contributed by atoms with van der Waals surface area (Å²) in [7, 11) is -3.18. The van der Waals surface area contributed by atoms with Crippen molar-refractivity contribution in [3.63, 3.8) is 0 Å². The fourth-order valence-corrected chi connectivity index (χ4v) is 3.92. The van der Waals surface area contributed by atoms with Gasteiger partial charge in [-0.25, -0.2) is 5.09 Å². The molecule has 1 N–H and O–H groups in total. The first-order valence-electron chi connectivity index (χ1n) is 6.79. The predicted octanol–water partition coefficient (Wildman–Crippen LogP) is 3.31. The van der Waals surface area contributed by atoms with E-state index in [0.29, 0.717) is 24.0 Å². The van der Waals surface area contributed by atoms with Crippen LogP contribution in [0.3, 0.4) is 0 Å². The molecule has 0 heterocycles. The van der Waals surface area contributed by atoms with E-state index in [9.17, 15) is 4.57 Å². The minimum atomic E-state index is -3.18. The minimum absolute atomic E-state index is 0.345. The molecule has 0 spiro atoms. The first-order valence-corrected chi connectivity index (χ1v) is 8.42. The SMILES string of the molecule is C#Cc1ccccc1P(=O)(NCc1ccccc1)OCC. The van der Waals surface area contributed by atoms with Gasteiger partial charge in [0.1, 0.15) is 0 Å². The summed E-state index contributed by atoms with van der Waals surface area (Å²) < 4.78 is 18.7. The van der Waals surface area contributed by atoms with Crippen LogP contribution in [0, 0.1) is 12.3 Å². The van der Waals surface area contributed by atoms with Crippen LogP contribution >= 0.6 is 7.52 Å². The van der Waals surface area contributed by atoms with Crippen LogP contribution in [0.2, 0.25) is 0 Å². The van der Waals surface area contributed by atoms with Crippen molar-refractivity contribution in [3.05, 3.63) is 65.7 Å². The highest BCUT2D eigenvalue weighted by atomic mass is 31.2. The van der Waals surface area contributed by atoms with Crippen molar-refractivity contribution < 1.29 is 9.09 Å². The predicted molar refractivity (Wildman–Crippen MR) is 86.5 cm³/mol. The molecule has 0 saturated heterocycles. The van der Waals surface area contributed by atoms with E-state index < -0.39 is 7.52 Å². The average Bonchev–Trinajstić information content (AvgIpc) is 2.54. The number of hydrogen-bond donors (Lipinski definition) is 1. The summed E-state index contributed by atoms with van der Waals surface area (Å²) in [6.07, 6.45) is 5.50. The van der Waals surface area contributed by atoms with E-state index in [4.69, 9.17) is 10.9 Å². The Balaban J connectivity index is 2.28. The lowest BCUT2D eigenvalue weighted by atomic mass is 10.2. The summed E-state index contributed by atoms with van der Waals surface area (Å²) in [5.74, 6) is 2.57. The van der Waals surface area contributed by atoms with E-state index >= 15 is 0 Å². The van der Waals surface area contributed by atoms with Crippen LogP contribution < -0.4 is 10.4 Å². The maximum atomic E-state index is 13.1. The van der Waals surface area contributed by atoms with Crippen LogP contribution in [0.25, 0.3) is 0 Å². The maximum Gasteiger partial charge on any atom is 0.301 e. The number of terminal acetylenes is 1. The zero-order valence-electron chi connectivity index (χ0n) is 12.0. The molecular formula is C17H18NO2P. The molecule has 4 heteroatoms. The third-order valence-electron chi connectivity index (χ3n) is 3.02. The fraction of sp³-hybridized carbons (Fsp3) is 0.176. The van der Waals surface area contributed by atoms with Crippen LogP contribution in [0.1, 0.15) is 18.1 Å². The average molecular weight is 299 g/mol. The third-order valence-corrected chi connectivity index (χ3v) is 5.24. The first-order chi connectivity index (χ1) is 10.2. The molecule has 0 fully saturated rings. The molecule has 0 aliphatic rings. The smallest absolute Gasteiger partial charge is 0.301 e. The summed E-state index contributed by atoms with van der Waals surface area (Å²) in [4.78, 5) is 0. The zero-order valence-corrected chi connectivity index (χ0v) is 12.8. The highest BCUT2D eigenvalue weighted by molar-refractivity contribution is 7.65. The molecule has 0 aliphatic carbocycles. The van der Waals surface area contributed by atoms with Gasteiger partial charge in [-0.15, -0.1) is 6.42 Å². The van der Waals surface area contributed by atoms with Gasteiger partial charge in [-0.2, -0.15) is 0 Å². The largest absolute Gasteiger partial charge is 0.315 e. The van der Waals surface area contributed by atoms with E-state index in [1.807, 2.05) is 49.4 Å². The molecule has 2 rings (SSSR count). The Morgan fingerprint density at radius 2 is 1.81 bits per heavy atom. The second-order valence-corrected chi connectivity index (χ2v) is 6.61. The minimum Gasteiger partial charge on any atom is -0.315 e. The van der Waals surface area contributed by atoms with Crippen molar-refractivity contribution in [1.82, 2.24) is 5.09 Å². The quantitative estimate of drug-likeness (QED) is 0.657. The Morgan fingerprint density at radius 3 is 2.48 bits per heavy atom. The van der Waals surface area contributed by atoms with Gasteiger partial charge < -0.3 is 4.52 Å². The first kappa shape index (κ1) is 15.5. The van der Waals surface area contributed by atoms with Crippen LogP contribution in [-0.4, -0.2) is 6.61 Å². The molecule has 2 aromatic rings. The second kappa shape index (κ2) is 7.24. The summed E-state index contributed by atoms with van der Waals surface area (Å²) in [5.41, 5.74) is 1.63. The summed E-state index contributed by atoms with van der Waals surface area (Å²) >= 11 is 0. The molecular weight excluding hydrogens is 281 g/mol. The van der Waals surface area contributed by atoms with Gasteiger partial charge >= 0.3 is 7.52 Å². The lowest BCUT2D eigenvalue weighted by Crippen LogP contribution is -2.23. The normalized spacial score (nSPS) is 13.3. The molecule has 21 heavy (non-hydrogen) atoms. The number of nitrogens with one attached hydrogen (secondary N) is 1. The third kappa shape index (κ3) is 3.83. The van der Waals surface area contributed by atoms with Crippen LogP contribution in [0.4, 0.5) is 0 Å². The molecule has 3 nitrogen and oxygen atoms in total. The maximum absolute atomic E-state index is 13.1. The van der Waals surface area contributed by atoms with Gasteiger partial charge in [-0.05, 0) is 24.6 Å². The van der Waals surface area contributed by atoms with Crippen molar-refractivity contribution >= 4 is 12.8 Å². The van der Waals surface area contributed by atoms with Gasteiger partial charge in [0, 0.05) is 12.1 Å². The Labute approximate surface area is 125 Å². The van der Waals surface area contributed by atoms with Crippen LogP contribution in [0.5, 0.6) is 0 Å². The molecule has 1 unspecified atom stereocenters.